The van der Waals surface area contributed by atoms with E-state index in [-0.39, 0.29) is 19.6 Å². The number of hydrogen-bond acceptors (Lipinski definition) is 5. The van der Waals surface area contributed by atoms with Crippen molar-refractivity contribution in [3.63, 3.8) is 0 Å². The highest BCUT2D eigenvalue weighted by Gasteiger charge is 2.52. The average molecular weight is 432 g/mol. The summed E-state index contributed by atoms with van der Waals surface area (Å²) in [5.74, 6) is -0.564. The molecule has 9 heteroatoms. The number of amides is 3. The van der Waals surface area contributed by atoms with E-state index in [4.69, 9.17) is 9.92 Å². The van der Waals surface area contributed by atoms with Gasteiger partial charge in [-0.2, -0.15) is 8.42 Å². The number of nitrogens with zero attached hydrogens (tertiary/aromatic N) is 1. The van der Waals surface area contributed by atoms with E-state index < -0.39 is 31.6 Å². The number of benzene rings is 1. The zero-order valence-electron chi connectivity index (χ0n) is 13.6. The van der Waals surface area contributed by atoms with Crippen LogP contribution < -0.4 is 5.73 Å². The monoisotopic (exact) mass is 431 g/mol. The van der Waals surface area contributed by atoms with Crippen LogP contribution in [0.4, 0.5) is 4.79 Å². The third kappa shape index (κ3) is 4.17. The fourth-order valence-electron chi connectivity index (χ4n) is 2.72. The number of carbonyl (C=O) groups is 2. The zero-order valence-corrected chi connectivity index (χ0v) is 16.0. The summed E-state index contributed by atoms with van der Waals surface area (Å²) in [6, 6.07) is 5.83. The summed E-state index contributed by atoms with van der Waals surface area (Å²) in [6.45, 7) is 3.24. The van der Waals surface area contributed by atoms with Gasteiger partial charge >= 0.3 is 22.1 Å². The van der Waals surface area contributed by atoms with Crippen molar-refractivity contribution in [1.82, 2.24) is 0 Å². The number of hydrogen-bond donors (Lipinski definition) is 1. The van der Waals surface area contributed by atoms with Crippen LogP contribution in [-0.2, 0) is 25.7 Å². The Balaban J connectivity index is 2.26. The van der Waals surface area contributed by atoms with Crippen molar-refractivity contribution in [1.29, 1.82) is 0 Å². The largest absolute Gasteiger partial charge is 0.427 e. The van der Waals surface area contributed by atoms with Gasteiger partial charge < -0.3 is 5.73 Å². The zero-order chi connectivity index (χ0) is 18.7. The minimum absolute atomic E-state index is 0.0200. The summed E-state index contributed by atoms with van der Waals surface area (Å²) in [6.07, 6.45) is 1.87. The highest BCUT2D eigenvalue weighted by atomic mass is 79.9. The van der Waals surface area contributed by atoms with Crippen LogP contribution in [0.2, 0.25) is 0 Å². The highest BCUT2D eigenvalue weighted by molar-refractivity contribution is 9.10. The Bertz CT molecular complexity index is 791. The normalized spacial score (nSPS) is 21.6. The van der Waals surface area contributed by atoms with Gasteiger partial charge in [0.05, 0.1) is 13.0 Å². The van der Waals surface area contributed by atoms with Gasteiger partial charge in [-0.3, -0.25) is 4.18 Å². The van der Waals surface area contributed by atoms with Gasteiger partial charge in [-0.25, -0.2) is 9.59 Å². The second kappa shape index (κ2) is 7.77. The molecule has 1 aliphatic heterocycles. The standard InChI is InChI=1S/C16H19BrN2O5S/c1-12(19(16(18)21)10-4-2-3-5-15(19)20)25(22,23)24-11-13-6-8-14(17)9-7-13/h6-9H,1-5,10-11H2,(H-,18,21)/p+1. The van der Waals surface area contributed by atoms with Crippen LogP contribution in [-0.4, -0.2) is 31.4 Å². The summed E-state index contributed by atoms with van der Waals surface area (Å²) < 4.78 is 29.8. The molecule has 0 bridgehead atoms. The number of nitrogens with two attached hydrogens (primary N) is 1. The van der Waals surface area contributed by atoms with Crippen molar-refractivity contribution in [2.24, 2.45) is 5.73 Å². The van der Waals surface area contributed by atoms with Crippen molar-refractivity contribution in [3.8, 4) is 0 Å². The van der Waals surface area contributed by atoms with E-state index in [9.17, 15) is 18.0 Å². The molecule has 0 aromatic heterocycles. The van der Waals surface area contributed by atoms with Crippen LogP contribution >= 0.6 is 15.9 Å². The number of quaternary nitrogens is 1. The molecule has 7 nitrogen and oxygen atoms in total. The van der Waals surface area contributed by atoms with Gasteiger partial charge in [0.2, 0.25) is 0 Å². The first kappa shape index (κ1) is 19.8. The Labute approximate surface area is 155 Å². The van der Waals surface area contributed by atoms with Gasteiger partial charge in [0, 0.05) is 4.47 Å². The fourth-order valence-corrected chi connectivity index (χ4v) is 4.08. The molecule has 1 aliphatic rings. The quantitative estimate of drug-likeness (QED) is 0.569. The van der Waals surface area contributed by atoms with Gasteiger partial charge in [-0.15, -0.1) is 4.48 Å². The maximum absolute atomic E-state index is 12.5. The predicted molar refractivity (Wildman–Crippen MR) is 95.2 cm³/mol. The van der Waals surface area contributed by atoms with Crippen molar-refractivity contribution < 1.29 is 26.7 Å². The second-order valence-corrected chi connectivity index (χ2v) is 8.34. The highest BCUT2D eigenvalue weighted by Crippen LogP contribution is 2.29. The van der Waals surface area contributed by atoms with Gasteiger partial charge in [0.15, 0.2) is 0 Å². The third-order valence-electron chi connectivity index (χ3n) is 4.19. The number of halogens is 1. The van der Waals surface area contributed by atoms with Crippen LogP contribution in [0.5, 0.6) is 0 Å². The number of primary amides is 1. The van der Waals surface area contributed by atoms with E-state index in [0.29, 0.717) is 24.8 Å². The smallest absolute Gasteiger partial charge is 0.318 e. The minimum Gasteiger partial charge on any atom is -0.318 e. The lowest BCUT2D eigenvalue weighted by Crippen LogP contribution is -2.59. The molecule has 0 spiro atoms. The lowest BCUT2D eigenvalue weighted by Gasteiger charge is -2.30. The maximum atomic E-state index is 12.5. The molecule has 1 heterocycles. The molecule has 2 N–H and O–H groups in total. The van der Waals surface area contributed by atoms with Gasteiger partial charge in [0.25, 0.3) is 5.03 Å². The molecular weight excluding hydrogens is 412 g/mol. The van der Waals surface area contributed by atoms with Crippen LogP contribution in [0.3, 0.4) is 0 Å². The first-order valence-corrected chi connectivity index (χ1v) is 9.95. The Morgan fingerprint density at radius 3 is 2.48 bits per heavy atom. The lowest BCUT2D eigenvalue weighted by molar-refractivity contribution is -0.723. The van der Waals surface area contributed by atoms with Crippen molar-refractivity contribution in [2.45, 2.75) is 32.3 Å². The SMILES string of the molecule is C=C([N+]1(C(N)=O)CCCCCC1=O)S(=O)(=O)OCc1ccc(Br)cc1. The fraction of sp³-hybridized carbons (Fsp3) is 0.375. The molecule has 1 unspecified atom stereocenters. The van der Waals surface area contributed by atoms with Crippen molar-refractivity contribution in [2.75, 3.05) is 6.54 Å². The Morgan fingerprint density at radius 1 is 1.24 bits per heavy atom. The molecule has 3 amide bonds. The summed E-state index contributed by atoms with van der Waals surface area (Å²) >= 11 is 3.28. The van der Waals surface area contributed by atoms with Gasteiger partial charge in [0.1, 0.15) is 6.54 Å². The van der Waals surface area contributed by atoms with Crippen LogP contribution in [0.25, 0.3) is 0 Å². The molecule has 1 aromatic carbocycles. The van der Waals surface area contributed by atoms with Crippen LogP contribution in [0.15, 0.2) is 40.3 Å². The maximum Gasteiger partial charge on any atom is 0.427 e. The molecule has 2 rings (SSSR count). The number of carbonyl (C=O) groups excluding carboxylic acids is 2. The number of imide groups is 1. The van der Waals surface area contributed by atoms with E-state index in [2.05, 4.69) is 22.5 Å². The molecule has 1 saturated heterocycles. The molecular formula is C16H20BrN2O5S+. The topological polar surface area (TPSA) is 104 Å². The molecule has 0 saturated carbocycles. The van der Waals surface area contributed by atoms with E-state index in [1.807, 2.05) is 0 Å². The van der Waals surface area contributed by atoms with E-state index in [0.717, 1.165) is 4.47 Å². The minimum atomic E-state index is -4.38. The average Bonchev–Trinajstić information content (AvgIpc) is 2.76. The second-order valence-electron chi connectivity index (χ2n) is 5.81. The van der Waals surface area contributed by atoms with Crippen molar-refractivity contribution in [3.05, 3.63) is 45.9 Å². The first-order valence-electron chi connectivity index (χ1n) is 7.75. The lowest BCUT2D eigenvalue weighted by atomic mass is 10.2. The van der Waals surface area contributed by atoms with E-state index >= 15 is 0 Å². The Hall–Kier alpha value is -1.55. The molecule has 0 radical (unpaired) electrons. The number of rotatable bonds is 5. The molecule has 1 fully saturated rings. The molecule has 1 atom stereocenters. The summed E-state index contributed by atoms with van der Waals surface area (Å²) in [7, 11) is -4.38. The van der Waals surface area contributed by atoms with Gasteiger partial charge in [-0.1, -0.05) is 28.1 Å². The Morgan fingerprint density at radius 2 is 1.88 bits per heavy atom. The molecule has 1 aromatic rings. The van der Waals surface area contributed by atoms with Crippen molar-refractivity contribution >= 4 is 38.0 Å². The number of likely N-dealkylation sites (tertiary alicyclic amines) is 1. The molecule has 0 aliphatic carbocycles. The molecule has 25 heavy (non-hydrogen) atoms. The van der Waals surface area contributed by atoms with Crippen LogP contribution in [0.1, 0.15) is 31.2 Å². The first-order chi connectivity index (χ1) is 11.7. The summed E-state index contributed by atoms with van der Waals surface area (Å²) in [4.78, 5) is 24.5. The van der Waals surface area contributed by atoms with E-state index in [1.165, 1.54) is 0 Å². The van der Waals surface area contributed by atoms with E-state index in [1.54, 1.807) is 24.3 Å². The predicted octanol–water partition coefficient (Wildman–Crippen LogP) is 2.76. The summed E-state index contributed by atoms with van der Waals surface area (Å²) in [5.41, 5.74) is 6.03. The summed E-state index contributed by atoms with van der Waals surface area (Å²) in [5, 5.41) is -0.621. The third-order valence-corrected chi connectivity index (χ3v) is 6.04. The Kier molecular flexibility index (Phi) is 6.15. The van der Waals surface area contributed by atoms with Gasteiger partial charge in [-0.05, 0) is 43.5 Å². The molecule has 136 valence electrons. The number of urea groups is 1. The van der Waals surface area contributed by atoms with Crippen LogP contribution in [0, 0.1) is 0 Å².